The van der Waals surface area contributed by atoms with Crippen LogP contribution in [0.25, 0.3) is 0 Å². The lowest BCUT2D eigenvalue weighted by atomic mass is 10.1. The van der Waals surface area contributed by atoms with Crippen LogP contribution in [0.5, 0.6) is 0 Å². The van der Waals surface area contributed by atoms with Gasteiger partial charge in [-0.1, -0.05) is 12.1 Å². The minimum absolute atomic E-state index is 0.360. The molecule has 0 bridgehead atoms. The zero-order chi connectivity index (χ0) is 22.0. The number of alkyl halides is 3. The number of hydrogen-bond donors (Lipinski definition) is 2. The first-order valence-corrected chi connectivity index (χ1v) is 9.92. The Morgan fingerprint density at radius 2 is 1.83 bits per heavy atom. The Labute approximate surface area is 174 Å². The van der Waals surface area contributed by atoms with E-state index in [4.69, 9.17) is 4.74 Å². The van der Waals surface area contributed by atoms with Gasteiger partial charge in [-0.25, -0.2) is 4.99 Å². The molecule has 0 radical (unpaired) electrons. The number of aromatic nitrogens is 3. The van der Waals surface area contributed by atoms with E-state index in [0.29, 0.717) is 45.2 Å². The van der Waals surface area contributed by atoms with E-state index in [1.54, 1.807) is 0 Å². The molecule has 0 fully saturated rings. The van der Waals surface area contributed by atoms with E-state index < -0.39 is 11.7 Å². The van der Waals surface area contributed by atoms with Crippen molar-refractivity contribution in [3.05, 3.63) is 47.0 Å². The number of hydrogen-bond acceptors (Lipinski definition) is 4. The highest BCUT2D eigenvalue weighted by Gasteiger charge is 2.29. The highest BCUT2D eigenvalue weighted by atomic mass is 19.4. The standard InChI is InChI=1S/C20H29F3N6O/c1-4-30-13-5-11-24-19(26-14-18-28-27-15(2)29(18)3)25-12-10-16-6-8-17(9-7-16)20(21,22)23/h6-9H,4-5,10-14H2,1-3H3,(H2,24,25,26). The van der Waals surface area contributed by atoms with Crippen LogP contribution in [0.15, 0.2) is 29.3 Å². The molecular formula is C20H29F3N6O. The van der Waals surface area contributed by atoms with Crippen LogP contribution in [0.3, 0.4) is 0 Å². The monoisotopic (exact) mass is 426 g/mol. The normalized spacial score (nSPS) is 12.3. The highest BCUT2D eigenvalue weighted by molar-refractivity contribution is 5.79. The average molecular weight is 426 g/mol. The highest BCUT2D eigenvalue weighted by Crippen LogP contribution is 2.29. The summed E-state index contributed by atoms with van der Waals surface area (Å²) >= 11 is 0. The number of rotatable bonds is 10. The second-order valence-corrected chi connectivity index (χ2v) is 6.74. The number of benzene rings is 1. The van der Waals surface area contributed by atoms with Gasteiger partial charge < -0.3 is 19.9 Å². The maximum absolute atomic E-state index is 12.7. The van der Waals surface area contributed by atoms with Gasteiger partial charge in [0.2, 0.25) is 0 Å². The molecule has 1 aromatic heterocycles. The fourth-order valence-corrected chi connectivity index (χ4v) is 2.62. The molecule has 0 saturated heterocycles. The van der Waals surface area contributed by atoms with Crippen LogP contribution in [-0.4, -0.2) is 47.0 Å². The van der Waals surface area contributed by atoms with Crippen LogP contribution >= 0.6 is 0 Å². The van der Waals surface area contributed by atoms with Gasteiger partial charge in [-0.05, 0) is 44.4 Å². The molecule has 1 heterocycles. The maximum atomic E-state index is 12.7. The molecule has 0 aliphatic heterocycles. The van der Waals surface area contributed by atoms with Crippen molar-refractivity contribution in [2.45, 2.75) is 39.4 Å². The first-order valence-electron chi connectivity index (χ1n) is 9.92. The third-order valence-electron chi connectivity index (χ3n) is 4.51. The Balaban J connectivity index is 1.91. The Hall–Kier alpha value is -2.62. The Morgan fingerprint density at radius 3 is 2.43 bits per heavy atom. The van der Waals surface area contributed by atoms with Crippen LogP contribution in [0.1, 0.15) is 36.1 Å². The van der Waals surface area contributed by atoms with Gasteiger partial charge in [-0.15, -0.1) is 10.2 Å². The lowest BCUT2D eigenvalue weighted by Crippen LogP contribution is -2.39. The lowest BCUT2D eigenvalue weighted by molar-refractivity contribution is -0.137. The Kier molecular flexibility index (Phi) is 9.10. The number of aliphatic imine (C=N–C) groups is 1. The molecule has 0 aliphatic rings. The third kappa shape index (κ3) is 7.66. The van der Waals surface area contributed by atoms with E-state index in [2.05, 4.69) is 25.8 Å². The molecule has 0 amide bonds. The molecule has 0 spiro atoms. The van der Waals surface area contributed by atoms with Gasteiger partial charge in [-0.2, -0.15) is 13.2 Å². The Morgan fingerprint density at radius 1 is 1.13 bits per heavy atom. The van der Waals surface area contributed by atoms with Crippen molar-refractivity contribution in [3.63, 3.8) is 0 Å². The predicted molar refractivity (Wildman–Crippen MR) is 109 cm³/mol. The van der Waals surface area contributed by atoms with Gasteiger partial charge in [0.25, 0.3) is 0 Å². The van der Waals surface area contributed by atoms with E-state index in [1.807, 2.05) is 25.5 Å². The molecule has 10 heteroatoms. The minimum atomic E-state index is -4.32. The van der Waals surface area contributed by atoms with Gasteiger partial charge >= 0.3 is 6.18 Å². The zero-order valence-corrected chi connectivity index (χ0v) is 17.6. The van der Waals surface area contributed by atoms with Crippen molar-refractivity contribution >= 4 is 5.96 Å². The van der Waals surface area contributed by atoms with Gasteiger partial charge in [0.15, 0.2) is 11.8 Å². The summed E-state index contributed by atoms with van der Waals surface area (Å²) in [5, 5.41) is 14.6. The minimum Gasteiger partial charge on any atom is -0.382 e. The van der Waals surface area contributed by atoms with Gasteiger partial charge in [0.05, 0.1) is 5.56 Å². The summed E-state index contributed by atoms with van der Waals surface area (Å²) in [5.74, 6) is 2.16. The van der Waals surface area contributed by atoms with Crippen LogP contribution in [0.4, 0.5) is 13.2 Å². The smallest absolute Gasteiger partial charge is 0.382 e. The summed E-state index contributed by atoms with van der Waals surface area (Å²) in [4.78, 5) is 4.55. The van der Waals surface area contributed by atoms with Crippen molar-refractivity contribution in [1.29, 1.82) is 0 Å². The summed E-state index contributed by atoms with van der Waals surface area (Å²) in [6.45, 7) is 6.73. The quantitative estimate of drug-likeness (QED) is 0.347. The molecule has 2 aromatic rings. The molecule has 0 unspecified atom stereocenters. The van der Waals surface area contributed by atoms with Gasteiger partial charge in [-0.3, -0.25) is 0 Å². The number of nitrogens with one attached hydrogen (secondary N) is 2. The summed E-state index contributed by atoms with van der Waals surface area (Å²) in [6, 6.07) is 5.21. The van der Waals surface area contributed by atoms with Crippen molar-refractivity contribution < 1.29 is 17.9 Å². The molecule has 1 aromatic carbocycles. The fraction of sp³-hybridized carbons (Fsp3) is 0.550. The van der Waals surface area contributed by atoms with E-state index >= 15 is 0 Å². The largest absolute Gasteiger partial charge is 0.416 e. The van der Waals surface area contributed by atoms with Crippen molar-refractivity contribution in [3.8, 4) is 0 Å². The topological polar surface area (TPSA) is 76.4 Å². The molecule has 7 nitrogen and oxygen atoms in total. The molecular weight excluding hydrogens is 397 g/mol. The van der Waals surface area contributed by atoms with E-state index in [0.717, 1.165) is 35.8 Å². The van der Waals surface area contributed by atoms with Crippen molar-refractivity contribution in [1.82, 2.24) is 25.4 Å². The maximum Gasteiger partial charge on any atom is 0.416 e. The molecule has 0 saturated carbocycles. The second-order valence-electron chi connectivity index (χ2n) is 6.74. The lowest BCUT2D eigenvalue weighted by Gasteiger charge is -2.13. The molecule has 30 heavy (non-hydrogen) atoms. The van der Waals surface area contributed by atoms with E-state index in [1.165, 1.54) is 12.1 Å². The number of ether oxygens (including phenoxy) is 1. The summed E-state index contributed by atoms with van der Waals surface area (Å²) in [5.41, 5.74) is 0.173. The number of nitrogens with zero attached hydrogens (tertiary/aromatic N) is 4. The SMILES string of the molecule is CCOCCCNC(=NCc1nnc(C)n1C)NCCc1ccc(C(F)(F)F)cc1. The first kappa shape index (κ1) is 23.7. The average Bonchev–Trinajstić information content (AvgIpc) is 3.03. The zero-order valence-electron chi connectivity index (χ0n) is 17.6. The van der Waals surface area contributed by atoms with Crippen molar-refractivity contribution in [2.24, 2.45) is 12.0 Å². The van der Waals surface area contributed by atoms with Gasteiger partial charge in [0.1, 0.15) is 12.4 Å². The fourth-order valence-electron chi connectivity index (χ4n) is 2.62. The first-order chi connectivity index (χ1) is 14.3. The Bertz CT molecular complexity index is 802. The van der Waals surface area contributed by atoms with Crippen LogP contribution in [0, 0.1) is 6.92 Å². The van der Waals surface area contributed by atoms with Crippen LogP contribution < -0.4 is 10.6 Å². The van der Waals surface area contributed by atoms with E-state index in [-0.39, 0.29) is 0 Å². The number of halogens is 3. The molecule has 2 N–H and O–H groups in total. The molecule has 166 valence electrons. The summed E-state index contributed by atoms with van der Waals surface area (Å²) < 4.78 is 45.2. The number of aryl methyl sites for hydroxylation is 1. The summed E-state index contributed by atoms with van der Waals surface area (Å²) in [7, 11) is 1.88. The van der Waals surface area contributed by atoms with Crippen LogP contribution in [-0.2, 0) is 30.9 Å². The molecule has 2 rings (SSSR count). The molecule has 0 aliphatic carbocycles. The summed E-state index contributed by atoms with van der Waals surface area (Å²) in [6.07, 6.45) is -2.92. The van der Waals surface area contributed by atoms with Crippen LogP contribution in [0.2, 0.25) is 0 Å². The predicted octanol–water partition coefficient (Wildman–Crippen LogP) is 2.85. The second kappa shape index (κ2) is 11.5. The van der Waals surface area contributed by atoms with Gasteiger partial charge in [0, 0.05) is 33.4 Å². The van der Waals surface area contributed by atoms with Crippen molar-refractivity contribution in [2.75, 3.05) is 26.3 Å². The third-order valence-corrected chi connectivity index (χ3v) is 4.51. The van der Waals surface area contributed by atoms with E-state index in [9.17, 15) is 13.2 Å². The number of guanidine groups is 1. The molecule has 0 atom stereocenters.